The summed E-state index contributed by atoms with van der Waals surface area (Å²) in [4.78, 5) is 21.2. The maximum Gasteiger partial charge on any atom is 0.257 e. The molecule has 6 nitrogen and oxygen atoms in total. The number of ether oxygens (including phenoxy) is 2. The summed E-state index contributed by atoms with van der Waals surface area (Å²) in [5.41, 5.74) is 4.28. The minimum atomic E-state index is -0.226. The highest BCUT2D eigenvalue weighted by Gasteiger charge is 2.13. The van der Waals surface area contributed by atoms with E-state index in [0.717, 1.165) is 28.1 Å². The van der Waals surface area contributed by atoms with Crippen molar-refractivity contribution in [1.29, 1.82) is 0 Å². The van der Waals surface area contributed by atoms with E-state index >= 15 is 0 Å². The van der Waals surface area contributed by atoms with Crippen LogP contribution in [0.25, 0.3) is 11.3 Å². The molecule has 156 valence electrons. The van der Waals surface area contributed by atoms with Crippen molar-refractivity contribution in [1.82, 2.24) is 9.97 Å². The molecule has 31 heavy (non-hydrogen) atoms. The molecular formula is C24H21N3O3S. The third-order valence-corrected chi connectivity index (χ3v) is 5.36. The molecule has 0 aliphatic carbocycles. The Morgan fingerprint density at radius 2 is 1.97 bits per heavy atom. The second-order valence-electron chi connectivity index (χ2n) is 6.87. The third kappa shape index (κ3) is 5.07. The van der Waals surface area contributed by atoms with E-state index in [1.54, 1.807) is 43.8 Å². The Bertz CT molecular complexity index is 1170. The first-order valence-corrected chi connectivity index (χ1v) is 10.5. The molecule has 0 unspecified atom stereocenters. The fourth-order valence-electron chi connectivity index (χ4n) is 3.00. The van der Waals surface area contributed by atoms with E-state index in [2.05, 4.69) is 15.3 Å². The van der Waals surface area contributed by atoms with Crippen LogP contribution >= 0.6 is 11.3 Å². The van der Waals surface area contributed by atoms with Gasteiger partial charge in [-0.25, -0.2) is 4.98 Å². The van der Waals surface area contributed by atoms with Crippen molar-refractivity contribution in [3.63, 3.8) is 0 Å². The van der Waals surface area contributed by atoms with Crippen LogP contribution in [0.15, 0.2) is 72.4 Å². The Labute approximate surface area is 184 Å². The van der Waals surface area contributed by atoms with Crippen molar-refractivity contribution in [3.8, 4) is 22.8 Å². The van der Waals surface area contributed by atoms with E-state index in [1.807, 2.05) is 42.6 Å². The quantitative estimate of drug-likeness (QED) is 0.427. The molecule has 0 saturated carbocycles. The van der Waals surface area contributed by atoms with Gasteiger partial charge in [0.1, 0.15) is 18.1 Å². The lowest BCUT2D eigenvalue weighted by atomic mass is 10.1. The average molecular weight is 432 g/mol. The number of nitrogens with zero attached hydrogens (tertiary/aromatic N) is 2. The van der Waals surface area contributed by atoms with Crippen LogP contribution in [0.3, 0.4) is 0 Å². The van der Waals surface area contributed by atoms with E-state index in [1.165, 1.54) is 11.3 Å². The van der Waals surface area contributed by atoms with Crippen LogP contribution in [0.1, 0.15) is 21.5 Å². The second-order valence-corrected chi connectivity index (χ2v) is 7.73. The zero-order valence-corrected chi connectivity index (χ0v) is 18.0. The third-order valence-electron chi connectivity index (χ3n) is 4.60. The fourth-order valence-corrected chi connectivity index (χ4v) is 3.70. The first-order valence-electron chi connectivity index (χ1n) is 9.66. The highest BCUT2D eigenvalue weighted by atomic mass is 32.1. The lowest BCUT2D eigenvalue weighted by Crippen LogP contribution is -2.11. The van der Waals surface area contributed by atoms with Gasteiger partial charge >= 0.3 is 0 Å². The predicted molar refractivity (Wildman–Crippen MR) is 122 cm³/mol. The minimum absolute atomic E-state index is 0.226. The van der Waals surface area contributed by atoms with Crippen molar-refractivity contribution in [2.24, 2.45) is 0 Å². The topological polar surface area (TPSA) is 73.3 Å². The molecule has 1 amide bonds. The van der Waals surface area contributed by atoms with Crippen LogP contribution in [0.5, 0.6) is 11.5 Å². The lowest BCUT2D eigenvalue weighted by molar-refractivity contribution is 0.102. The summed E-state index contributed by atoms with van der Waals surface area (Å²) >= 11 is 1.37. The van der Waals surface area contributed by atoms with Gasteiger partial charge in [0, 0.05) is 34.5 Å². The number of anilines is 1. The zero-order valence-electron chi connectivity index (χ0n) is 17.2. The second kappa shape index (κ2) is 9.40. The molecule has 0 saturated heterocycles. The number of hydrogen-bond acceptors (Lipinski definition) is 6. The van der Waals surface area contributed by atoms with Crippen molar-refractivity contribution < 1.29 is 14.3 Å². The maximum atomic E-state index is 12.6. The van der Waals surface area contributed by atoms with Crippen molar-refractivity contribution in [3.05, 3.63) is 89.1 Å². The Morgan fingerprint density at radius 1 is 1.13 bits per heavy atom. The molecule has 2 heterocycles. The molecule has 4 rings (SSSR count). The summed E-state index contributed by atoms with van der Waals surface area (Å²) in [5.74, 6) is 1.20. The molecule has 0 fully saturated rings. The van der Waals surface area contributed by atoms with Gasteiger partial charge in [-0.15, -0.1) is 11.3 Å². The van der Waals surface area contributed by atoms with Crippen LogP contribution < -0.4 is 14.8 Å². The van der Waals surface area contributed by atoms with E-state index < -0.39 is 0 Å². The summed E-state index contributed by atoms with van der Waals surface area (Å²) in [6.45, 7) is 2.44. The van der Waals surface area contributed by atoms with Crippen LogP contribution in [0.4, 0.5) is 5.13 Å². The molecule has 2 aromatic heterocycles. The molecule has 2 aromatic carbocycles. The molecule has 0 bridgehead atoms. The molecule has 0 atom stereocenters. The molecular weight excluding hydrogens is 410 g/mol. The molecule has 0 aliphatic heterocycles. The summed E-state index contributed by atoms with van der Waals surface area (Å²) in [5, 5.41) is 5.29. The van der Waals surface area contributed by atoms with Gasteiger partial charge in [-0.1, -0.05) is 17.7 Å². The first kappa shape index (κ1) is 20.6. The Morgan fingerprint density at radius 3 is 2.71 bits per heavy atom. The molecule has 4 aromatic rings. The normalized spacial score (nSPS) is 10.5. The number of amides is 1. The monoisotopic (exact) mass is 431 g/mol. The number of benzene rings is 2. The number of methoxy groups -OCH3 is 1. The number of thiazole rings is 1. The fraction of sp³-hybridized carbons (Fsp3) is 0.125. The van der Waals surface area contributed by atoms with Gasteiger partial charge in [0.15, 0.2) is 5.13 Å². The summed E-state index contributed by atoms with van der Waals surface area (Å²) in [6.07, 6.45) is 3.48. The Hall–Kier alpha value is -3.71. The number of carbonyl (C=O) groups is 1. The number of aryl methyl sites for hydroxylation is 1. The van der Waals surface area contributed by atoms with E-state index in [-0.39, 0.29) is 5.91 Å². The van der Waals surface area contributed by atoms with Gasteiger partial charge in [-0.3, -0.25) is 15.1 Å². The average Bonchev–Trinajstić information content (AvgIpc) is 3.27. The maximum absolute atomic E-state index is 12.6. The van der Waals surface area contributed by atoms with Gasteiger partial charge in [-0.2, -0.15) is 0 Å². The standard InChI is InChI=1S/C24H21N3O3S/c1-16-5-10-22(29-2)20(12-16)21-15-31-24(26-21)27-23(28)18-6-8-19(9-7-18)30-14-17-4-3-11-25-13-17/h3-13,15H,14H2,1-2H3,(H,26,27,28). The number of aromatic nitrogens is 2. The van der Waals surface area contributed by atoms with Gasteiger partial charge < -0.3 is 9.47 Å². The number of hydrogen-bond donors (Lipinski definition) is 1. The van der Waals surface area contributed by atoms with Gasteiger partial charge in [0.2, 0.25) is 0 Å². The van der Waals surface area contributed by atoms with Crippen molar-refractivity contribution in [2.45, 2.75) is 13.5 Å². The van der Waals surface area contributed by atoms with E-state index in [0.29, 0.717) is 23.1 Å². The first-order chi connectivity index (χ1) is 15.1. The zero-order chi connectivity index (χ0) is 21.6. The molecule has 7 heteroatoms. The summed E-state index contributed by atoms with van der Waals surface area (Å²) in [6, 6.07) is 16.7. The summed E-state index contributed by atoms with van der Waals surface area (Å²) in [7, 11) is 1.63. The SMILES string of the molecule is COc1ccc(C)cc1-c1csc(NC(=O)c2ccc(OCc3cccnc3)cc2)n1. The number of carbonyl (C=O) groups excluding carboxylic acids is 1. The Kier molecular flexibility index (Phi) is 6.24. The van der Waals surface area contributed by atoms with Gasteiger partial charge in [0.25, 0.3) is 5.91 Å². The molecule has 0 aliphatic rings. The molecule has 1 N–H and O–H groups in total. The highest BCUT2D eigenvalue weighted by Crippen LogP contribution is 2.33. The number of rotatable bonds is 7. The molecule has 0 radical (unpaired) electrons. The number of nitrogens with one attached hydrogen (secondary N) is 1. The van der Waals surface area contributed by atoms with E-state index in [4.69, 9.17) is 9.47 Å². The van der Waals surface area contributed by atoms with Crippen molar-refractivity contribution >= 4 is 22.4 Å². The summed E-state index contributed by atoms with van der Waals surface area (Å²) < 4.78 is 11.2. The largest absolute Gasteiger partial charge is 0.496 e. The van der Waals surface area contributed by atoms with Crippen LogP contribution in [0.2, 0.25) is 0 Å². The smallest absolute Gasteiger partial charge is 0.257 e. The van der Waals surface area contributed by atoms with E-state index in [9.17, 15) is 4.79 Å². The predicted octanol–water partition coefficient (Wildman–Crippen LogP) is 5.35. The van der Waals surface area contributed by atoms with Gasteiger partial charge in [-0.05, 0) is 49.4 Å². The van der Waals surface area contributed by atoms with Crippen molar-refractivity contribution in [2.75, 3.05) is 12.4 Å². The Balaban J connectivity index is 1.40. The van der Waals surface area contributed by atoms with Gasteiger partial charge in [0.05, 0.1) is 12.8 Å². The minimum Gasteiger partial charge on any atom is -0.496 e. The lowest BCUT2D eigenvalue weighted by Gasteiger charge is -2.07. The van der Waals surface area contributed by atoms with Crippen LogP contribution in [-0.2, 0) is 6.61 Å². The number of pyridine rings is 1. The van der Waals surface area contributed by atoms with Crippen LogP contribution in [0, 0.1) is 6.92 Å². The van der Waals surface area contributed by atoms with Crippen LogP contribution in [-0.4, -0.2) is 23.0 Å². The molecule has 0 spiro atoms. The highest BCUT2D eigenvalue weighted by molar-refractivity contribution is 7.14.